The largest absolute Gasteiger partial charge is 0.436 e. The van der Waals surface area contributed by atoms with E-state index in [0.29, 0.717) is 16.8 Å². The number of nitrogens with zero attached hydrogens (tertiary/aromatic N) is 4. The standard InChI is InChI=1S/C28H27N5O3/c1-16-10-17(2)14-21(13-16)36-27-26-31-32(28(35)33(26)23-9-7-6-8-22(23)29-27)15-24(34)30-25-19(4)11-18(3)12-20(25)5/h6-14H,15H2,1-5H3,(H,30,34). The van der Waals surface area contributed by atoms with Gasteiger partial charge < -0.3 is 10.1 Å². The first-order valence-corrected chi connectivity index (χ1v) is 11.7. The van der Waals surface area contributed by atoms with Crippen LogP contribution in [0.2, 0.25) is 0 Å². The molecule has 0 fully saturated rings. The van der Waals surface area contributed by atoms with E-state index in [-0.39, 0.29) is 24.0 Å². The summed E-state index contributed by atoms with van der Waals surface area (Å²) in [4.78, 5) is 31.0. The molecule has 0 unspecified atom stereocenters. The van der Waals surface area contributed by atoms with Crippen molar-refractivity contribution in [3.8, 4) is 11.6 Å². The Balaban J connectivity index is 1.57. The fraction of sp³-hybridized carbons (Fsp3) is 0.214. The molecule has 8 heteroatoms. The zero-order chi connectivity index (χ0) is 25.6. The highest BCUT2D eigenvalue weighted by Gasteiger charge is 2.20. The number of rotatable bonds is 5. The Bertz CT molecular complexity index is 1670. The quantitative estimate of drug-likeness (QED) is 0.381. The summed E-state index contributed by atoms with van der Waals surface area (Å²) in [6.07, 6.45) is 0. The zero-order valence-electron chi connectivity index (χ0n) is 20.9. The molecule has 0 radical (unpaired) electrons. The van der Waals surface area contributed by atoms with Gasteiger partial charge in [0.15, 0.2) is 0 Å². The van der Waals surface area contributed by atoms with Crippen molar-refractivity contribution >= 4 is 28.3 Å². The van der Waals surface area contributed by atoms with Gasteiger partial charge in [0.25, 0.3) is 5.88 Å². The Labute approximate surface area is 208 Å². The monoisotopic (exact) mass is 481 g/mol. The summed E-state index contributed by atoms with van der Waals surface area (Å²) < 4.78 is 8.71. The lowest BCUT2D eigenvalue weighted by Crippen LogP contribution is -2.28. The Morgan fingerprint density at radius 3 is 2.25 bits per heavy atom. The van der Waals surface area contributed by atoms with E-state index in [0.717, 1.165) is 38.2 Å². The minimum Gasteiger partial charge on any atom is -0.436 e. The third-order valence-corrected chi connectivity index (χ3v) is 6.02. The third-order valence-electron chi connectivity index (χ3n) is 6.02. The molecule has 2 heterocycles. The van der Waals surface area contributed by atoms with Gasteiger partial charge in [0, 0.05) is 5.69 Å². The first-order valence-electron chi connectivity index (χ1n) is 11.7. The van der Waals surface area contributed by atoms with Crippen molar-refractivity contribution in [1.29, 1.82) is 0 Å². The summed E-state index contributed by atoms with van der Waals surface area (Å²) in [5.41, 5.74) is 6.85. The number of nitrogens with one attached hydrogen (secondary N) is 1. The van der Waals surface area contributed by atoms with Crippen LogP contribution < -0.4 is 15.7 Å². The topological polar surface area (TPSA) is 90.5 Å². The molecule has 5 rings (SSSR count). The molecule has 2 aromatic heterocycles. The van der Waals surface area contributed by atoms with Crippen molar-refractivity contribution in [2.45, 2.75) is 41.2 Å². The lowest BCUT2D eigenvalue weighted by Gasteiger charge is -2.12. The maximum absolute atomic E-state index is 13.4. The summed E-state index contributed by atoms with van der Waals surface area (Å²) >= 11 is 0. The summed E-state index contributed by atoms with van der Waals surface area (Å²) in [7, 11) is 0. The SMILES string of the molecule is Cc1cc(C)cc(Oc2nc3ccccc3n3c(=O)n(CC(=O)Nc4c(C)cc(C)cc4C)nc23)c1. The maximum atomic E-state index is 13.4. The summed E-state index contributed by atoms with van der Waals surface area (Å²) in [6, 6.07) is 17.1. The fourth-order valence-corrected chi connectivity index (χ4v) is 4.64. The van der Waals surface area contributed by atoms with Crippen LogP contribution in [-0.2, 0) is 11.3 Å². The van der Waals surface area contributed by atoms with Gasteiger partial charge in [0.2, 0.25) is 11.6 Å². The van der Waals surface area contributed by atoms with Crippen LogP contribution in [0.4, 0.5) is 5.69 Å². The summed E-state index contributed by atoms with van der Waals surface area (Å²) in [6.45, 7) is 9.63. The van der Waals surface area contributed by atoms with Gasteiger partial charge in [-0.2, -0.15) is 0 Å². The lowest BCUT2D eigenvalue weighted by atomic mass is 10.1. The minimum atomic E-state index is -0.443. The number of anilines is 1. The molecule has 0 atom stereocenters. The maximum Gasteiger partial charge on any atom is 0.351 e. The number of hydrogen-bond donors (Lipinski definition) is 1. The molecule has 0 saturated carbocycles. The normalized spacial score (nSPS) is 11.2. The van der Waals surface area contributed by atoms with Crippen LogP contribution in [0.3, 0.4) is 0 Å². The van der Waals surface area contributed by atoms with E-state index in [1.54, 1.807) is 6.07 Å². The predicted molar refractivity (Wildman–Crippen MR) is 140 cm³/mol. The molecule has 0 aliphatic rings. The third kappa shape index (κ3) is 4.33. The number of aromatic nitrogens is 4. The number of para-hydroxylation sites is 2. The number of ether oxygens (including phenoxy) is 1. The number of amides is 1. The summed E-state index contributed by atoms with van der Waals surface area (Å²) in [5.74, 6) is 0.451. The highest BCUT2D eigenvalue weighted by molar-refractivity contribution is 5.92. The van der Waals surface area contributed by atoms with Crippen LogP contribution in [-0.4, -0.2) is 25.1 Å². The van der Waals surface area contributed by atoms with E-state index >= 15 is 0 Å². The number of hydrogen-bond acceptors (Lipinski definition) is 5. The molecule has 0 spiro atoms. The van der Waals surface area contributed by atoms with Crippen LogP contribution in [0.15, 0.2) is 59.4 Å². The predicted octanol–water partition coefficient (Wildman–Crippen LogP) is 5.02. The first kappa shape index (κ1) is 23.3. The van der Waals surface area contributed by atoms with Gasteiger partial charge in [-0.3, -0.25) is 4.79 Å². The van der Waals surface area contributed by atoms with Gasteiger partial charge in [-0.15, -0.1) is 5.10 Å². The van der Waals surface area contributed by atoms with E-state index < -0.39 is 5.69 Å². The Morgan fingerprint density at radius 2 is 1.56 bits per heavy atom. The molecule has 0 bridgehead atoms. The van der Waals surface area contributed by atoms with Crippen LogP contribution in [0, 0.1) is 34.6 Å². The summed E-state index contributed by atoms with van der Waals surface area (Å²) in [5, 5.41) is 7.40. The van der Waals surface area contributed by atoms with E-state index in [1.165, 1.54) is 4.40 Å². The van der Waals surface area contributed by atoms with Crippen LogP contribution in [0.25, 0.3) is 16.7 Å². The van der Waals surface area contributed by atoms with Gasteiger partial charge in [-0.1, -0.05) is 35.9 Å². The van der Waals surface area contributed by atoms with Crippen LogP contribution >= 0.6 is 0 Å². The zero-order valence-corrected chi connectivity index (χ0v) is 20.9. The highest BCUT2D eigenvalue weighted by Crippen LogP contribution is 2.27. The molecule has 8 nitrogen and oxygen atoms in total. The van der Waals surface area contributed by atoms with Crippen molar-refractivity contribution in [3.05, 3.63) is 92.9 Å². The Morgan fingerprint density at radius 1 is 0.917 bits per heavy atom. The van der Waals surface area contributed by atoms with E-state index in [1.807, 2.05) is 83.1 Å². The molecular formula is C28H27N5O3. The second-order valence-corrected chi connectivity index (χ2v) is 9.25. The van der Waals surface area contributed by atoms with Crippen molar-refractivity contribution in [2.24, 2.45) is 0 Å². The van der Waals surface area contributed by atoms with Gasteiger partial charge in [0.1, 0.15) is 12.3 Å². The van der Waals surface area contributed by atoms with Gasteiger partial charge in [-0.25, -0.2) is 18.9 Å². The van der Waals surface area contributed by atoms with E-state index in [2.05, 4.69) is 15.4 Å². The van der Waals surface area contributed by atoms with E-state index in [4.69, 9.17) is 4.74 Å². The number of benzene rings is 3. The molecule has 36 heavy (non-hydrogen) atoms. The van der Waals surface area contributed by atoms with Gasteiger partial charge in [-0.05, 0) is 81.1 Å². The smallest absolute Gasteiger partial charge is 0.351 e. The van der Waals surface area contributed by atoms with Crippen molar-refractivity contribution in [1.82, 2.24) is 19.2 Å². The molecular weight excluding hydrogens is 454 g/mol. The van der Waals surface area contributed by atoms with Crippen molar-refractivity contribution < 1.29 is 9.53 Å². The number of carbonyl (C=O) groups is 1. The molecule has 1 amide bonds. The Kier molecular flexibility index (Phi) is 5.80. The average molecular weight is 482 g/mol. The van der Waals surface area contributed by atoms with Crippen LogP contribution in [0.1, 0.15) is 27.8 Å². The fourth-order valence-electron chi connectivity index (χ4n) is 4.64. The number of carbonyl (C=O) groups excluding carboxylic acids is 1. The molecule has 3 aromatic carbocycles. The highest BCUT2D eigenvalue weighted by atomic mass is 16.5. The molecule has 5 aromatic rings. The van der Waals surface area contributed by atoms with Gasteiger partial charge in [0.05, 0.1) is 11.0 Å². The first-order chi connectivity index (χ1) is 17.2. The molecule has 0 aliphatic heterocycles. The van der Waals surface area contributed by atoms with Crippen LogP contribution in [0.5, 0.6) is 11.6 Å². The minimum absolute atomic E-state index is 0.195. The second kappa shape index (κ2) is 8.96. The van der Waals surface area contributed by atoms with Crippen molar-refractivity contribution in [3.63, 3.8) is 0 Å². The van der Waals surface area contributed by atoms with Gasteiger partial charge >= 0.3 is 5.69 Å². The second-order valence-electron chi connectivity index (χ2n) is 9.25. The molecule has 0 aliphatic carbocycles. The molecule has 182 valence electrons. The number of aryl methyl sites for hydroxylation is 5. The average Bonchev–Trinajstić information content (AvgIpc) is 3.12. The number of fused-ring (bicyclic) bond motifs is 3. The lowest BCUT2D eigenvalue weighted by molar-refractivity contribution is -0.117. The molecule has 1 N–H and O–H groups in total. The Hall–Kier alpha value is -4.46. The van der Waals surface area contributed by atoms with Crippen molar-refractivity contribution in [2.75, 3.05) is 5.32 Å². The molecule has 0 saturated heterocycles. The van der Waals surface area contributed by atoms with E-state index in [9.17, 15) is 9.59 Å².